The Bertz CT molecular complexity index is 611. The smallest absolute Gasteiger partial charge is 0.0503 e. The van der Waals surface area contributed by atoms with E-state index in [9.17, 15) is 0 Å². The van der Waals surface area contributed by atoms with Gasteiger partial charge in [0.2, 0.25) is 0 Å². The van der Waals surface area contributed by atoms with E-state index in [-0.39, 0.29) is 6.04 Å². The maximum atomic E-state index is 6.29. The molecule has 3 N–H and O–H groups in total. The first-order valence-electron chi connectivity index (χ1n) is 6.49. The molecule has 0 spiro atoms. The van der Waals surface area contributed by atoms with Crippen molar-refractivity contribution in [1.29, 1.82) is 0 Å². The molecule has 20 heavy (non-hydrogen) atoms. The second-order valence-electron chi connectivity index (χ2n) is 4.97. The molecule has 0 aliphatic carbocycles. The standard InChI is InChI=1S/C16H18Cl2N2/c1-10-6-7-12(15(18)8-10)9-16(20-19)13-4-3-5-14(17)11(13)2/h3-8,16,20H,9,19H2,1-2H3. The predicted molar refractivity (Wildman–Crippen MR) is 86.1 cm³/mol. The van der Waals surface area contributed by atoms with Gasteiger partial charge in [0.1, 0.15) is 0 Å². The van der Waals surface area contributed by atoms with E-state index in [1.165, 1.54) is 0 Å². The largest absolute Gasteiger partial charge is 0.271 e. The van der Waals surface area contributed by atoms with Gasteiger partial charge in [-0.1, -0.05) is 47.5 Å². The predicted octanol–water partition coefficient (Wildman–Crippen LogP) is 4.36. The molecular formula is C16H18Cl2N2. The molecule has 1 atom stereocenters. The quantitative estimate of drug-likeness (QED) is 0.650. The molecule has 0 heterocycles. The van der Waals surface area contributed by atoms with Crippen LogP contribution in [0.1, 0.15) is 28.3 Å². The van der Waals surface area contributed by atoms with Crippen LogP contribution in [0.2, 0.25) is 10.0 Å². The summed E-state index contributed by atoms with van der Waals surface area (Å²) in [5, 5.41) is 1.52. The van der Waals surface area contributed by atoms with E-state index in [4.69, 9.17) is 29.0 Å². The Morgan fingerprint density at radius 1 is 1.10 bits per heavy atom. The zero-order valence-electron chi connectivity index (χ0n) is 11.6. The topological polar surface area (TPSA) is 38.0 Å². The Morgan fingerprint density at radius 2 is 1.85 bits per heavy atom. The van der Waals surface area contributed by atoms with Crippen molar-refractivity contribution in [3.05, 3.63) is 68.7 Å². The van der Waals surface area contributed by atoms with E-state index >= 15 is 0 Å². The molecule has 0 aromatic heterocycles. The fourth-order valence-electron chi connectivity index (χ4n) is 2.30. The van der Waals surface area contributed by atoms with Crippen molar-refractivity contribution in [1.82, 2.24) is 5.43 Å². The van der Waals surface area contributed by atoms with Gasteiger partial charge in [0.15, 0.2) is 0 Å². The highest BCUT2D eigenvalue weighted by Gasteiger charge is 2.15. The van der Waals surface area contributed by atoms with Crippen LogP contribution in [0.5, 0.6) is 0 Å². The minimum atomic E-state index is -0.0195. The Hall–Kier alpha value is -1.06. The fraction of sp³-hybridized carbons (Fsp3) is 0.250. The Morgan fingerprint density at radius 3 is 2.50 bits per heavy atom. The van der Waals surface area contributed by atoms with Crippen molar-refractivity contribution < 1.29 is 0 Å². The van der Waals surface area contributed by atoms with Gasteiger partial charge >= 0.3 is 0 Å². The van der Waals surface area contributed by atoms with Crippen LogP contribution in [-0.2, 0) is 6.42 Å². The zero-order valence-corrected chi connectivity index (χ0v) is 13.1. The van der Waals surface area contributed by atoms with Crippen LogP contribution >= 0.6 is 23.2 Å². The van der Waals surface area contributed by atoms with E-state index in [0.29, 0.717) is 0 Å². The highest BCUT2D eigenvalue weighted by Crippen LogP contribution is 2.28. The minimum absolute atomic E-state index is 0.0195. The highest BCUT2D eigenvalue weighted by atomic mass is 35.5. The van der Waals surface area contributed by atoms with Crippen molar-refractivity contribution in [2.45, 2.75) is 26.3 Å². The SMILES string of the molecule is Cc1ccc(CC(NN)c2cccc(Cl)c2C)c(Cl)c1. The van der Waals surface area contributed by atoms with Crippen LogP contribution in [0, 0.1) is 13.8 Å². The lowest BCUT2D eigenvalue weighted by atomic mass is 9.95. The summed E-state index contributed by atoms with van der Waals surface area (Å²) in [5.74, 6) is 5.72. The zero-order chi connectivity index (χ0) is 14.7. The lowest BCUT2D eigenvalue weighted by molar-refractivity contribution is 0.549. The summed E-state index contributed by atoms with van der Waals surface area (Å²) in [6, 6.07) is 11.9. The lowest BCUT2D eigenvalue weighted by Gasteiger charge is -2.20. The van der Waals surface area contributed by atoms with Crippen LogP contribution in [-0.4, -0.2) is 0 Å². The van der Waals surface area contributed by atoms with Gasteiger partial charge in [0.05, 0.1) is 6.04 Å². The summed E-state index contributed by atoms with van der Waals surface area (Å²) >= 11 is 12.5. The molecule has 0 radical (unpaired) electrons. The van der Waals surface area contributed by atoms with Crippen LogP contribution in [0.15, 0.2) is 36.4 Å². The van der Waals surface area contributed by atoms with Crippen LogP contribution in [0.4, 0.5) is 0 Å². The third-order valence-corrected chi connectivity index (χ3v) is 4.28. The summed E-state index contributed by atoms with van der Waals surface area (Å²) < 4.78 is 0. The first-order valence-corrected chi connectivity index (χ1v) is 7.24. The first-order chi connectivity index (χ1) is 9.52. The van der Waals surface area contributed by atoms with E-state index in [0.717, 1.165) is 38.7 Å². The normalized spacial score (nSPS) is 12.4. The van der Waals surface area contributed by atoms with E-state index in [1.807, 2.05) is 44.2 Å². The third-order valence-electron chi connectivity index (χ3n) is 3.52. The molecule has 2 nitrogen and oxygen atoms in total. The van der Waals surface area contributed by atoms with Crippen molar-refractivity contribution in [3.8, 4) is 0 Å². The van der Waals surface area contributed by atoms with Crippen LogP contribution < -0.4 is 11.3 Å². The first kappa shape index (κ1) is 15.3. The number of hydrazine groups is 1. The Labute approximate surface area is 129 Å². The number of rotatable bonds is 4. The van der Waals surface area contributed by atoms with Gasteiger partial charge in [-0.25, -0.2) is 0 Å². The maximum absolute atomic E-state index is 6.29. The van der Waals surface area contributed by atoms with Gasteiger partial charge < -0.3 is 0 Å². The molecule has 2 aromatic carbocycles. The molecule has 0 fully saturated rings. The summed E-state index contributed by atoms with van der Waals surface area (Å²) in [6.07, 6.45) is 0.719. The van der Waals surface area contributed by atoms with E-state index in [2.05, 4.69) is 11.5 Å². The number of benzene rings is 2. The molecule has 0 amide bonds. The Balaban J connectivity index is 2.31. The highest BCUT2D eigenvalue weighted by molar-refractivity contribution is 6.31. The number of nitrogens with one attached hydrogen (secondary N) is 1. The number of nitrogens with two attached hydrogens (primary N) is 1. The minimum Gasteiger partial charge on any atom is -0.271 e. The summed E-state index contributed by atoms with van der Waals surface area (Å²) in [4.78, 5) is 0. The molecule has 0 bridgehead atoms. The van der Waals surface area contributed by atoms with Crippen LogP contribution in [0.25, 0.3) is 0 Å². The summed E-state index contributed by atoms with van der Waals surface area (Å²) in [7, 11) is 0. The van der Waals surface area contributed by atoms with Gasteiger partial charge in [-0.05, 0) is 54.7 Å². The van der Waals surface area contributed by atoms with Gasteiger partial charge in [0, 0.05) is 10.0 Å². The average Bonchev–Trinajstić information content (AvgIpc) is 2.42. The van der Waals surface area contributed by atoms with Gasteiger partial charge in [-0.15, -0.1) is 0 Å². The molecule has 2 aromatic rings. The molecule has 2 rings (SSSR count). The van der Waals surface area contributed by atoms with Gasteiger partial charge in [0.25, 0.3) is 0 Å². The molecule has 0 aliphatic rings. The molecule has 1 unspecified atom stereocenters. The number of aryl methyl sites for hydroxylation is 1. The van der Waals surface area contributed by atoms with Crippen molar-refractivity contribution in [3.63, 3.8) is 0 Å². The average molecular weight is 309 g/mol. The second kappa shape index (κ2) is 6.59. The van der Waals surface area contributed by atoms with E-state index in [1.54, 1.807) is 0 Å². The number of hydrogen-bond donors (Lipinski definition) is 2. The molecule has 0 saturated carbocycles. The van der Waals surface area contributed by atoms with Gasteiger partial charge in [-0.2, -0.15) is 0 Å². The van der Waals surface area contributed by atoms with Crippen molar-refractivity contribution in [2.75, 3.05) is 0 Å². The molecular weight excluding hydrogens is 291 g/mol. The molecule has 0 aliphatic heterocycles. The fourth-order valence-corrected chi connectivity index (χ4v) is 2.79. The lowest BCUT2D eigenvalue weighted by Crippen LogP contribution is -2.30. The molecule has 0 saturated heterocycles. The summed E-state index contributed by atoms with van der Waals surface area (Å²) in [5.41, 5.74) is 7.21. The van der Waals surface area contributed by atoms with Crippen molar-refractivity contribution >= 4 is 23.2 Å². The number of halogens is 2. The van der Waals surface area contributed by atoms with Crippen LogP contribution in [0.3, 0.4) is 0 Å². The number of hydrogen-bond acceptors (Lipinski definition) is 2. The third kappa shape index (κ3) is 3.33. The second-order valence-corrected chi connectivity index (χ2v) is 5.79. The molecule has 4 heteroatoms. The maximum Gasteiger partial charge on any atom is 0.0503 e. The Kier molecular flexibility index (Phi) is 5.06. The summed E-state index contributed by atoms with van der Waals surface area (Å²) in [6.45, 7) is 4.02. The monoisotopic (exact) mass is 308 g/mol. The van der Waals surface area contributed by atoms with Gasteiger partial charge in [-0.3, -0.25) is 11.3 Å². The van der Waals surface area contributed by atoms with E-state index < -0.39 is 0 Å². The van der Waals surface area contributed by atoms with Crippen molar-refractivity contribution in [2.24, 2.45) is 5.84 Å². The molecule has 106 valence electrons.